The first-order valence-corrected chi connectivity index (χ1v) is 10.4. The van der Waals surface area contributed by atoms with E-state index in [0.29, 0.717) is 5.02 Å². The summed E-state index contributed by atoms with van der Waals surface area (Å²) in [5.41, 5.74) is 4.34. The van der Waals surface area contributed by atoms with Gasteiger partial charge < -0.3 is 0 Å². The van der Waals surface area contributed by atoms with E-state index in [0.717, 1.165) is 28.1 Å². The van der Waals surface area contributed by atoms with Crippen LogP contribution in [0.15, 0.2) is 90.0 Å². The van der Waals surface area contributed by atoms with Gasteiger partial charge in [-0.2, -0.15) is 5.10 Å². The van der Waals surface area contributed by atoms with Gasteiger partial charge >= 0.3 is 0 Å². The van der Waals surface area contributed by atoms with Crippen LogP contribution >= 0.6 is 11.6 Å². The van der Waals surface area contributed by atoms with Crippen molar-refractivity contribution < 1.29 is 8.42 Å². The fraction of sp³-hybridized carbons (Fsp3) is 0. The minimum absolute atomic E-state index is 0.0719. The van der Waals surface area contributed by atoms with Gasteiger partial charge in [0.15, 0.2) is 0 Å². The summed E-state index contributed by atoms with van der Waals surface area (Å²) in [4.78, 5) is 0.0719. The molecule has 28 heavy (non-hydrogen) atoms. The molecule has 0 aliphatic rings. The number of halogens is 1. The molecule has 0 spiro atoms. The van der Waals surface area contributed by atoms with Crippen LogP contribution in [0.4, 0.5) is 0 Å². The molecular formula is C21H16ClN3O2S. The molecule has 0 saturated carbocycles. The summed E-state index contributed by atoms with van der Waals surface area (Å²) < 4.78 is 24.9. The van der Waals surface area contributed by atoms with Crippen molar-refractivity contribution in [1.82, 2.24) is 9.78 Å². The Hall–Kier alpha value is -2.93. The molecule has 0 saturated heterocycles. The van der Waals surface area contributed by atoms with Crippen LogP contribution in [-0.4, -0.2) is 18.2 Å². The standard InChI is InChI=1S/C21H16ClN3O2S/c22-17-8-10-18(11-9-17)25-14-20(21(24-25)16-4-2-1-3-5-16)15-6-12-19(13-7-15)28(23,26)27/h1-14H,(H2,23,26,27). The lowest BCUT2D eigenvalue weighted by Crippen LogP contribution is -2.11. The van der Waals surface area contributed by atoms with Gasteiger partial charge in [-0.15, -0.1) is 0 Å². The number of primary sulfonamides is 1. The molecule has 1 aromatic heterocycles. The van der Waals surface area contributed by atoms with Crippen molar-refractivity contribution in [1.29, 1.82) is 0 Å². The lowest BCUT2D eigenvalue weighted by atomic mass is 10.0. The maximum Gasteiger partial charge on any atom is 0.238 e. The molecule has 0 unspecified atom stereocenters. The minimum atomic E-state index is -3.74. The highest BCUT2D eigenvalue weighted by atomic mass is 35.5. The summed E-state index contributed by atoms with van der Waals surface area (Å²) >= 11 is 5.99. The van der Waals surface area contributed by atoms with Crippen molar-refractivity contribution in [2.75, 3.05) is 0 Å². The predicted octanol–water partition coefficient (Wildman–Crippen LogP) is 4.51. The Labute approximate surface area is 168 Å². The van der Waals surface area contributed by atoms with Crippen LogP contribution in [0.2, 0.25) is 5.02 Å². The highest BCUT2D eigenvalue weighted by Crippen LogP contribution is 2.32. The van der Waals surface area contributed by atoms with Crippen LogP contribution in [-0.2, 0) is 10.0 Å². The number of aromatic nitrogens is 2. The van der Waals surface area contributed by atoms with Gasteiger partial charge in [-0.25, -0.2) is 18.2 Å². The number of nitrogens with zero attached hydrogens (tertiary/aromatic N) is 2. The monoisotopic (exact) mass is 409 g/mol. The van der Waals surface area contributed by atoms with E-state index in [1.54, 1.807) is 28.9 Å². The molecule has 0 aliphatic heterocycles. The molecule has 5 nitrogen and oxygen atoms in total. The largest absolute Gasteiger partial charge is 0.240 e. The molecule has 4 rings (SSSR count). The van der Waals surface area contributed by atoms with Crippen molar-refractivity contribution in [2.24, 2.45) is 5.14 Å². The van der Waals surface area contributed by atoms with Gasteiger partial charge in [0.05, 0.1) is 10.6 Å². The van der Waals surface area contributed by atoms with Gasteiger partial charge in [0.1, 0.15) is 5.69 Å². The van der Waals surface area contributed by atoms with Crippen LogP contribution in [0.5, 0.6) is 0 Å². The zero-order chi connectivity index (χ0) is 19.7. The third-order valence-corrected chi connectivity index (χ3v) is 5.53. The van der Waals surface area contributed by atoms with Crippen LogP contribution in [0.1, 0.15) is 0 Å². The Morgan fingerprint density at radius 3 is 2.07 bits per heavy atom. The number of sulfonamides is 1. The average Bonchev–Trinajstić information content (AvgIpc) is 3.14. The zero-order valence-corrected chi connectivity index (χ0v) is 16.2. The van der Waals surface area contributed by atoms with Crippen LogP contribution < -0.4 is 5.14 Å². The molecule has 2 N–H and O–H groups in total. The highest BCUT2D eigenvalue weighted by Gasteiger charge is 2.15. The number of nitrogens with two attached hydrogens (primary N) is 1. The Bertz CT molecular complexity index is 1220. The van der Waals surface area contributed by atoms with E-state index in [2.05, 4.69) is 0 Å². The zero-order valence-electron chi connectivity index (χ0n) is 14.7. The van der Waals surface area contributed by atoms with Crippen LogP contribution in [0, 0.1) is 0 Å². The summed E-state index contributed by atoms with van der Waals surface area (Å²) in [7, 11) is -3.74. The Balaban J connectivity index is 1.86. The van der Waals surface area contributed by atoms with Gasteiger partial charge in [-0.1, -0.05) is 54.1 Å². The molecule has 0 atom stereocenters. The summed E-state index contributed by atoms with van der Waals surface area (Å²) in [5, 5.41) is 10.6. The first-order valence-electron chi connectivity index (χ1n) is 8.46. The normalized spacial score (nSPS) is 11.5. The van der Waals surface area contributed by atoms with Gasteiger partial charge in [-0.3, -0.25) is 0 Å². The lowest BCUT2D eigenvalue weighted by molar-refractivity contribution is 0.598. The van der Waals surface area contributed by atoms with E-state index < -0.39 is 10.0 Å². The Morgan fingerprint density at radius 1 is 0.821 bits per heavy atom. The van der Waals surface area contributed by atoms with E-state index in [1.807, 2.05) is 48.7 Å². The number of benzene rings is 3. The molecule has 4 aromatic rings. The maximum atomic E-state index is 11.5. The molecule has 1 heterocycles. The van der Waals surface area contributed by atoms with E-state index in [1.165, 1.54) is 12.1 Å². The van der Waals surface area contributed by atoms with Crippen molar-refractivity contribution in [3.8, 4) is 28.1 Å². The summed E-state index contributed by atoms with van der Waals surface area (Å²) in [6, 6.07) is 23.7. The smallest absolute Gasteiger partial charge is 0.238 e. The summed E-state index contributed by atoms with van der Waals surface area (Å²) in [5.74, 6) is 0. The molecule has 0 bridgehead atoms. The minimum Gasteiger partial charge on any atom is -0.240 e. The molecule has 7 heteroatoms. The van der Waals surface area contributed by atoms with E-state index >= 15 is 0 Å². The molecule has 0 aliphatic carbocycles. The fourth-order valence-corrected chi connectivity index (χ4v) is 3.59. The second kappa shape index (κ2) is 7.24. The first-order chi connectivity index (χ1) is 13.4. The third-order valence-electron chi connectivity index (χ3n) is 4.35. The summed E-state index contributed by atoms with van der Waals surface area (Å²) in [6.45, 7) is 0. The van der Waals surface area contributed by atoms with Crippen molar-refractivity contribution in [2.45, 2.75) is 4.90 Å². The third kappa shape index (κ3) is 3.71. The Kier molecular flexibility index (Phi) is 4.77. The van der Waals surface area contributed by atoms with E-state index in [4.69, 9.17) is 21.8 Å². The second-order valence-electron chi connectivity index (χ2n) is 6.25. The molecule has 0 radical (unpaired) electrons. The van der Waals surface area contributed by atoms with Crippen LogP contribution in [0.25, 0.3) is 28.1 Å². The van der Waals surface area contributed by atoms with Crippen molar-refractivity contribution in [3.05, 3.63) is 90.1 Å². The topological polar surface area (TPSA) is 78.0 Å². The van der Waals surface area contributed by atoms with Crippen molar-refractivity contribution in [3.63, 3.8) is 0 Å². The molecule has 0 fully saturated rings. The van der Waals surface area contributed by atoms with Gasteiger partial charge in [0, 0.05) is 22.3 Å². The van der Waals surface area contributed by atoms with Gasteiger partial charge in [-0.05, 0) is 42.0 Å². The van der Waals surface area contributed by atoms with Gasteiger partial charge in [0.2, 0.25) is 10.0 Å². The second-order valence-corrected chi connectivity index (χ2v) is 8.25. The lowest BCUT2D eigenvalue weighted by Gasteiger charge is -2.04. The van der Waals surface area contributed by atoms with Crippen LogP contribution in [0.3, 0.4) is 0 Å². The molecule has 0 amide bonds. The first kappa shape index (κ1) is 18.4. The highest BCUT2D eigenvalue weighted by molar-refractivity contribution is 7.89. The van der Waals surface area contributed by atoms with Crippen molar-refractivity contribution >= 4 is 21.6 Å². The SMILES string of the molecule is NS(=O)(=O)c1ccc(-c2cn(-c3ccc(Cl)cc3)nc2-c2ccccc2)cc1. The van der Waals surface area contributed by atoms with E-state index in [9.17, 15) is 8.42 Å². The average molecular weight is 410 g/mol. The van der Waals surface area contributed by atoms with E-state index in [-0.39, 0.29) is 4.90 Å². The molecular weight excluding hydrogens is 394 g/mol. The van der Waals surface area contributed by atoms with Gasteiger partial charge in [0.25, 0.3) is 0 Å². The molecule has 140 valence electrons. The maximum absolute atomic E-state index is 11.5. The number of hydrogen-bond acceptors (Lipinski definition) is 3. The quantitative estimate of drug-likeness (QED) is 0.538. The fourth-order valence-electron chi connectivity index (χ4n) is 2.94. The number of rotatable bonds is 4. The summed E-state index contributed by atoms with van der Waals surface area (Å²) in [6.07, 6.45) is 1.91. The Morgan fingerprint density at radius 2 is 1.46 bits per heavy atom. The molecule has 3 aromatic carbocycles. The number of hydrogen-bond donors (Lipinski definition) is 1. The predicted molar refractivity (Wildman–Crippen MR) is 111 cm³/mol.